The Morgan fingerprint density at radius 3 is 1.46 bits per heavy atom. The number of rotatable bonds is 6. The zero-order valence-corrected chi connectivity index (χ0v) is 27.1. The van der Waals surface area contributed by atoms with Gasteiger partial charge in [0.15, 0.2) is 8.07 Å². The number of nitriles is 2. The molecular weight excluding hydrogens is 599 g/mol. The molecule has 0 fully saturated rings. The fourth-order valence-corrected chi connectivity index (χ4v) is 12.4. The van der Waals surface area contributed by atoms with E-state index in [0.717, 1.165) is 33.0 Å². The smallest absolute Gasteiger partial charge is 0.180 e. The van der Waals surface area contributed by atoms with Crippen LogP contribution in [0.1, 0.15) is 11.1 Å². The summed E-state index contributed by atoms with van der Waals surface area (Å²) in [5.41, 5.74) is 5.70. The number of fused-ring (bicyclic) bond motifs is 3. The molecule has 48 heavy (non-hydrogen) atoms. The Morgan fingerprint density at radius 1 is 0.458 bits per heavy atom. The SMILES string of the molecule is N#Cc1ccc([Si](c2ccccc2)(c2ccccc2)c2ccccc2)c(-c2cccc(-n3c4ccccc4c4ccccc43)c2)c1C#N. The molecule has 0 N–H and O–H groups in total. The molecule has 0 aliphatic rings. The third kappa shape index (κ3) is 4.48. The normalized spacial score (nSPS) is 11.3. The van der Waals surface area contributed by atoms with Gasteiger partial charge in [-0.15, -0.1) is 0 Å². The molecule has 0 saturated carbocycles. The Bertz CT molecular complexity index is 2370. The number of hydrogen-bond donors (Lipinski definition) is 0. The number of nitrogens with zero attached hydrogens (tertiary/aromatic N) is 3. The van der Waals surface area contributed by atoms with Gasteiger partial charge < -0.3 is 4.57 Å². The number of benzene rings is 7. The lowest BCUT2D eigenvalue weighted by atomic mass is 9.96. The monoisotopic (exact) mass is 627 g/mol. The van der Waals surface area contributed by atoms with Gasteiger partial charge in [-0.2, -0.15) is 10.5 Å². The minimum absolute atomic E-state index is 0.371. The van der Waals surface area contributed by atoms with Crippen LogP contribution >= 0.6 is 0 Å². The van der Waals surface area contributed by atoms with Gasteiger partial charge in [-0.05, 0) is 56.6 Å². The average molecular weight is 628 g/mol. The first kappa shape index (κ1) is 29.0. The molecule has 7 aromatic carbocycles. The molecule has 0 aliphatic carbocycles. The minimum atomic E-state index is -3.05. The van der Waals surface area contributed by atoms with Gasteiger partial charge in [-0.1, -0.05) is 146 Å². The van der Waals surface area contributed by atoms with Crippen molar-refractivity contribution in [3.63, 3.8) is 0 Å². The molecule has 0 unspecified atom stereocenters. The molecule has 8 rings (SSSR count). The maximum absolute atomic E-state index is 10.8. The first-order chi connectivity index (χ1) is 23.8. The van der Waals surface area contributed by atoms with Crippen LogP contribution in [0.2, 0.25) is 0 Å². The molecule has 3 nitrogen and oxygen atoms in total. The van der Waals surface area contributed by atoms with Gasteiger partial charge in [0.25, 0.3) is 0 Å². The highest BCUT2D eigenvalue weighted by molar-refractivity contribution is 7.20. The van der Waals surface area contributed by atoms with Crippen molar-refractivity contribution < 1.29 is 0 Å². The second kappa shape index (κ2) is 12.0. The van der Waals surface area contributed by atoms with Gasteiger partial charge in [0.2, 0.25) is 0 Å². The molecule has 0 bridgehead atoms. The van der Waals surface area contributed by atoms with Crippen LogP contribution in [0.5, 0.6) is 0 Å². The van der Waals surface area contributed by atoms with E-state index in [4.69, 9.17) is 0 Å². The van der Waals surface area contributed by atoms with Crippen LogP contribution in [-0.2, 0) is 0 Å². The number of para-hydroxylation sites is 2. The Hall–Kier alpha value is -6.46. The minimum Gasteiger partial charge on any atom is -0.309 e. The summed E-state index contributed by atoms with van der Waals surface area (Å²) in [7, 11) is -3.05. The van der Waals surface area contributed by atoms with Crippen molar-refractivity contribution in [2.45, 2.75) is 0 Å². The molecule has 224 valence electrons. The first-order valence-corrected chi connectivity index (χ1v) is 18.0. The Balaban J connectivity index is 1.50. The quantitative estimate of drug-likeness (QED) is 0.141. The van der Waals surface area contributed by atoms with E-state index in [1.807, 2.05) is 24.3 Å². The average Bonchev–Trinajstić information content (AvgIpc) is 3.50. The fourth-order valence-electron chi connectivity index (χ4n) is 7.46. The van der Waals surface area contributed by atoms with Gasteiger partial charge >= 0.3 is 0 Å². The third-order valence-corrected chi connectivity index (χ3v) is 14.3. The van der Waals surface area contributed by atoms with E-state index in [9.17, 15) is 10.5 Å². The van der Waals surface area contributed by atoms with Gasteiger partial charge in [0.1, 0.15) is 12.1 Å². The summed E-state index contributed by atoms with van der Waals surface area (Å²) in [5, 5.41) is 28.2. The summed E-state index contributed by atoms with van der Waals surface area (Å²) in [6, 6.07) is 66.2. The lowest BCUT2D eigenvalue weighted by Crippen LogP contribution is -2.75. The van der Waals surface area contributed by atoms with Crippen molar-refractivity contribution in [3.05, 3.63) is 187 Å². The van der Waals surface area contributed by atoms with Gasteiger partial charge in [0, 0.05) is 22.0 Å². The van der Waals surface area contributed by atoms with Crippen molar-refractivity contribution in [1.82, 2.24) is 4.57 Å². The molecule has 4 heteroatoms. The lowest BCUT2D eigenvalue weighted by molar-refractivity contribution is 1.18. The van der Waals surface area contributed by atoms with Gasteiger partial charge in [0.05, 0.1) is 22.2 Å². The highest BCUT2D eigenvalue weighted by Crippen LogP contribution is 2.34. The lowest BCUT2D eigenvalue weighted by Gasteiger charge is -2.36. The number of hydrogen-bond acceptors (Lipinski definition) is 2. The molecule has 0 aliphatic heterocycles. The van der Waals surface area contributed by atoms with Crippen molar-refractivity contribution >= 4 is 50.6 Å². The van der Waals surface area contributed by atoms with E-state index in [-0.39, 0.29) is 0 Å². The van der Waals surface area contributed by atoms with E-state index in [1.165, 1.54) is 26.3 Å². The standard InChI is InChI=1S/C44H29N3Si/c45-30-33-27-28-43(48(35-17-4-1-5-18-35,36-19-6-2-7-20-36)37-21-8-3-9-22-37)44(40(33)31-46)32-15-14-16-34(29-32)47-41-25-12-10-23-38(41)39-24-11-13-26-42(39)47/h1-29H. The summed E-state index contributed by atoms with van der Waals surface area (Å²) in [6.45, 7) is 0. The third-order valence-electron chi connectivity index (χ3n) is 9.44. The van der Waals surface area contributed by atoms with Crippen molar-refractivity contribution in [2.75, 3.05) is 0 Å². The van der Waals surface area contributed by atoms with E-state index in [2.05, 4.69) is 168 Å². The zero-order valence-electron chi connectivity index (χ0n) is 26.1. The predicted molar refractivity (Wildman–Crippen MR) is 199 cm³/mol. The molecule has 0 radical (unpaired) electrons. The Labute approximate surface area is 280 Å². The number of aromatic nitrogens is 1. The van der Waals surface area contributed by atoms with Crippen LogP contribution in [0.3, 0.4) is 0 Å². The maximum atomic E-state index is 10.8. The molecule has 8 aromatic rings. The van der Waals surface area contributed by atoms with E-state index in [0.29, 0.717) is 11.1 Å². The molecule has 0 atom stereocenters. The topological polar surface area (TPSA) is 52.5 Å². The van der Waals surface area contributed by atoms with Gasteiger partial charge in [-0.3, -0.25) is 0 Å². The largest absolute Gasteiger partial charge is 0.309 e. The van der Waals surface area contributed by atoms with Crippen LogP contribution in [0.15, 0.2) is 176 Å². The summed E-state index contributed by atoms with van der Waals surface area (Å²) in [4.78, 5) is 0. The van der Waals surface area contributed by atoms with Crippen molar-refractivity contribution in [1.29, 1.82) is 10.5 Å². The van der Waals surface area contributed by atoms with Crippen LogP contribution < -0.4 is 20.7 Å². The second-order valence-electron chi connectivity index (χ2n) is 11.9. The van der Waals surface area contributed by atoms with Crippen LogP contribution in [-0.4, -0.2) is 12.6 Å². The molecule has 0 spiro atoms. The summed E-state index contributed by atoms with van der Waals surface area (Å²) >= 11 is 0. The predicted octanol–water partition coefficient (Wildman–Crippen LogP) is 7.57. The summed E-state index contributed by atoms with van der Waals surface area (Å²) in [5.74, 6) is 0. The molecule has 0 amide bonds. The molecular formula is C44H29N3Si. The van der Waals surface area contributed by atoms with Crippen molar-refractivity contribution in [3.8, 4) is 29.0 Å². The van der Waals surface area contributed by atoms with E-state index in [1.54, 1.807) is 0 Å². The highest BCUT2D eigenvalue weighted by Gasteiger charge is 2.43. The van der Waals surface area contributed by atoms with E-state index >= 15 is 0 Å². The van der Waals surface area contributed by atoms with E-state index < -0.39 is 8.07 Å². The first-order valence-electron chi connectivity index (χ1n) is 16.0. The Kier molecular flexibility index (Phi) is 7.27. The summed E-state index contributed by atoms with van der Waals surface area (Å²) < 4.78 is 2.30. The van der Waals surface area contributed by atoms with Gasteiger partial charge in [-0.25, -0.2) is 0 Å². The highest BCUT2D eigenvalue weighted by atomic mass is 28.3. The summed E-state index contributed by atoms with van der Waals surface area (Å²) in [6.07, 6.45) is 0. The van der Waals surface area contributed by atoms with Crippen LogP contribution in [0.25, 0.3) is 38.6 Å². The maximum Gasteiger partial charge on any atom is 0.180 e. The van der Waals surface area contributed by atoms with Crippen LogP contribution in [0, 0.1) is 22.7 Å². The van der Waals surface area contributed by atoms with Crippen LogP contribution in [0.4, 0.5) is 0 Å². The second-order valence-corrected chi connectivity index (χ2v) is 15.7. The molecule has 1 aromatic heterocycles. The molecule has 1 heterocycles. The van der Waals surface area contributed by atoms with Crippen molar-refractivity contribution in [2.24, 2.45) is 0 Å². The zero-order chi connectivity index (χ0) is 32.5. The molecule has 0 saturated heterocycles. The Morgan fingerprint density at radius 2 is 0.958 bits per heavy atom. The fraction of sp³-hybridized carbons (Fsp3) is 0.